The lowest BCUT2D eigenvalue weighted by Crippen LogP contribution is -1.95. The summed E-state index contributed by atoms with van der Waals surface area (Å²) < 4.78 is 13.2. The first kappa shape index (κ1) is 11.7. The highest BCUT2D eigenvalue weighted by Gasteiger charge is 2.02. The first-order valence-corrected chi connectivity index (χ1v) is 5.51. The molecule has 0 aliphatic carbocycles. The fraction of sp³-hybridized carbons (Fsp3) is 0.0769. The zero-order valence-electron chi connectivity index (χ0n) is 9.30. The van der Waals surface area contributed by atoms with Gasteiger partial charge < -0.3 is 11.1 Å². The smallest absolute Gasteiger partial charge is 0.127 e. The maximum atomic E-state index is 13.2. The van der Waals surface area contributed by atoms with Crippen molar-refractivity contribution in [3.05, 3.63) is 52.8 Å². The lowest BCUT2D eigenvalue weighted by molar-refractivity contribution is 0.629. The Bertz CT molecular complexity index is 535. The van der Waals surface area contributed by atoms with E-state index in [0.717, 1.165) is 11.3 Å². The molecule has 88 valence electrons. The summed E-state index contributed by atoms with van der Waals surface area (Å²) >= 11 is 5.86. The second-order valence-electron chi connectivity index (χ2n) is 3.86. The number of nitrogen functional groups attached to an aromatic ring is 1. The summed E-state index contributed by atoms with van der Waals surface area (Å²) in [4.78, 5) is 0. The van der Waals surface area contributed by atoms with Gasteiger partial charge in [0.2, 0.25) is 0 Å². The Morgan fingerprint density at radius 1 is 1.18 bits per heavy atom. The van der Waals surface area contributed by atoms with E-state index in [9.17, 15) is 4.39 Å². The van der Waals surface area contributed by atoms with Crippen LogP contribution in [0.5, 0.6) is 0 Å². The number of hydrogen-bond donors (Lipinski definition) is 2. The fourth-order valence-electron chi connectivity index (χ4n) is 1.61. The second kappa shape index (κ2) is 4.63. The summed E-state index contributed by atoms with van der Waals surface area (Å²) in [6.45, 7) is 1.93. The highest BCUT2D eigenvalue weighted by atomic mass is 35.5. The normalized spacial score (nSPS) is 10.3. The van der Waals surface area contributed by atoms with E-state index in [0.29, 0.717) is 16.4 Å². The minimum atomic E-state index is -0.362. The number of nitrogens with two attached hydrogens (primary N) is 1. The number of rotatable bonds is 2. The van der Waals surface area contributed by atoms with Crippen molar-refractivity contribution in [1.29, 1.82) is 0 Å². The molecule has 2 aromatic rings. The molecule has 0 aliphatic heterocycles. The van der Waals surface area contributed by atoms with Crippen LogP contribution in [0.1, 0.15) is 5.56 Å². The number of benzene rings is 2. The van der Waals surface area contributed by atoms with Gasteiger partial charge in [-0.2, -0.15) is 0 Å². The molecule has 0 saturated carbocycles. The number of hydrogen-bond acceptors (Lipinski definition) is 2. The van der Waals surface area contributed by atoms with Crippen LogP contribution in [0.2, 0.25) is 5.02 Å². The zero-order chi connectivity index (χ0) is 12.4. The molecule has 2 rings (SSSR count). The van der Waals surface area contributed by atoms with Gasteiger partial charge in [-0.25, -0.2) is 4.39 Å². The Kier molecular flexibility index (Phi) is 3.20. The van der Waals surface area contributed by atoms with Crippen molar-refractivity contribution >= 4 is 28.7 Å². The maximum absolute atomic E-state index is 13.2. The molecule has 0 bridgehead atoms. The molecule has 0 aliphatic rings. The van der Waals surface area contributed by atoms with Gasteiger partial charge in [-0.3, -0.25) is 0 Å². The van der Waals surface area contributed by atoms with Crippen LogP contribution in [-0.4, -0.2) is 0 Å². The highest BCUT2D eigenvalue weighted by Crippen LogP contribution is 2.25. The van der Waals surface area contributed by atoms with Gasteiger partial charge in [-0.15, -0.1) is 0 Å². The summed E-state index contributed by atoms with van der Waals surface area (Å²) in [7, 11) is 0. The summed E-state index contributed by atoms with van der Waals surface area (Å²) in [5.41, 5.74) is 8.44. The summed E-state index contributed by atoms with van der Waals surface area (Å²) in [5, 5.41) is 3.78. The van der Waals surface area contributed by atoms with Gasteiger partial charge in [0.05, 0.1) is 0 Å². The van der Waals surface area contributed by atoms with E-state index >= 15 is 0 Å². The topological polar surface area (TPSA) is 38.0 Å². The largest absolute Gasteiger partial charge is 0.399 e. The van der Waals surface area contributed by atoms with Crippen molar-refractivity contribution < 1.29 is 4.39 Å². The lowest BCUT2D eigenvalue weighted by Gasteiger charge is -2.10. The third-order valence-electron chi connectivity index (χ3n) is 2.39. The van der Waals surface area contributed by atoms with Crippen molar-refractivity contribution in [1.82, 2.24) is 0 Å². The molecule has 17 heavy (non-hydrogen) atoms. The molecular formula is C13H12ClFN2. The van der Waals surface area contributed by atoms with Crippen LogP contribution < -0.4 is 11.1 Å². The van der Waals surface area contributed by atoms with Crippen LogP contribution in [0.15, 0.2) is 36.4 Å². The van der Waals surface area contributed by atoms with E-state index in [2.05, 4.69) is 5.32 Å². The molecule has 3 N–H and O–H groups in total. The molecular weight excluding hydrogens is 239 g/mol. The van der Waals surface area contributed by atoms with Crippen molar-refractivity contribution in [2.24, 2.45) is 0 Å². The summed E-state index contributed by atoms with van der Waals surface area (Å²) in [6, 6.07) is 9.81. The molecule has 0 atom stereocenters. The first-order chi connectivity index (χ1) is 8.04. The van der Waals surface area contributed by atoms with Crippen molar-refractivity contribution in [3.8, 4) is 0 Å². The maximum Gasteiger partial charge on any atom is 0.127 e. The van der Waals surface area contributed by atoms with Crippen LogP contribution in [0.25, 0.3) is 0 Å². The van der Waals surface area contributed by atoms with E-state index in [1.54, 1.807) is 12.1 Å². The Morgan fingerprint density at radius 3 is 2.59 bits per heavy atom. The number of anilines is 3. The molecule has 4 heteroatoms. The van der Waals surface area contributed by atoms with Gasteiger partial charge in [-0.1, -0.05) is 11.6 Å². The number of nitrogens with one attached hydrogen (secondary N) is 1. The summed E-state index contributed by atoms with van der Waals surface area (Å²) in [5.74, 6) is -0.362. The third kappa shape index (κ3) is 2.88. The number of halogens is 2. The predicted octanol–water partition coefficient (Wildman–Crippen LogP) is 4.11. The van der Waals surface area contributed by atoms with E-state index < -0.39 is 0 Å². The monoisotopic (exact) mass is 250 g/mol. The second-order valence-corrected chi connectivity index (χ2v) is 4.29. The minimum Gasteiger partial charge on any atom is -0.399 e. The van der Waals surface area contributed by atoms with Crippen molar-refractivity contribution in [2.75, 3.05) is 11.1 Å². The van der Waals surface area contributed by atoms with Gasteiger partial charge in [0, 0.05) is 22.1 Å². The lowest BCUT2D eigenvalue weighted by atomic mass is 10.2. The average molecular weight is 251 g/mol. The third-order valence-corrected chi connectivity index (χ3v) is 2.62. The molecule has 0 spiro atoms. The predicted molar refractivity (Wildman–Crippen MR) is 70.3 cm³/mol. The quantitative estimate of drug-likeness (QED) is 0.787. The van der Waals surface area contributed by atoms with Crippen LogP contribution in [0.4, 0.5) is 21.5 Å². The fourth-order valence-corrected chi connectivity index (χ4v) is 1.83. The van der Waals surface area contributed by atoms with E-state index in [1.807, 2.05) is 19.1 Å². The molecule has 2 aromatic carbocycles. The molecule has 0 radical (unpaired) electrons. The van der Waals surface area contributed by atoms with E-state index in [-0.39, 0.29) is 5.82 Å². The molecule has 0 heterocycles. The Labute approximate surface area is 104 Å². The van der Waals surface area contributed by atoms with Gasteiger partial charge >= 0.3 is 0 Å². The Morgan fingerprint density at radius 2 is 1.94 bits per heavy atom. The standard InChI is InChI=1S/C13H12ClFN2/c1-8-4-9(14)2-3-13(8)17-12-6-10(15)5-11(16)7-12/h2-7,17H,16H2,1H3. The van der Waals surface area contributed by atoms with Crippen molar-refractivity contribution in [2.45, 2.75) is 6.92 Å². The molecule has 0 unspecified atom stereocenters. The molecule has 0 aromatic heterocycles. The molecule has 2 nitrogen and oxygen atoms in total. The zero-order valence-corrected chi connectivity index (χ0v) is 10.1. The summed E-state index contributed by atoms with van der Waals surface area (Å²) in [6.07, 6.45) is 0. The first-order valence-electron chi connectivity index (χ1n) is 5.14. The molecule has 0 saturated heterocycles. The average Bonchev–Trinajstić information content (AvgIpc) is 2.21. The molecule has 0 amide bonds. The number of aryl methyl sites for hydroxylation is 1. The van der Waals surface area contributed by atoms with Crippen molar-refractivity contribution in [3.63, 3.8) is 0 Å². The van der Waals surface area contributed by atoms with E-state index in [1.165, 1.54) is 12.1 Å². The van der Waals surface area contributed by atoms with Gasteiger partial charge in [0.1, 0.15) is 5.82 Å². The van der Waals surface area contributed by atoms with Crippen LogP contribution >= 0.6 is 11.6 Å². The van der Waals surface area contributed by atoms with Crippen LogP contribution in [-0.2, 0) is 0 Å². The van der Waals surface area contributed by atoms with Gasteiger partial charge in [-0.05, 0) is 48.9 Å². The SMILES string of the molecule is Cc1cc(Cl)ccc1Nc1cc(N)cc(F)c1. The van der Waals surface area contributed by atoms with Gasteiger partial charge in [0.15, 0.2) is 0 Å². The molecule has 0 fully saturated rings. The highest BCUT2D eigenvalue weighted by molar-refractivity contribution is 6.30. The van der Waals surface area contributed by atoms with E-state index in [4.69, 9.17) is 17.3 Å². The van der Waals surface area contributed by atoms with Crippen LogP contribution in [0.3, 0.4) is 0 Å². The Balaban J connectivity index is 2.31. The minimum absolute atomic E-state index is 0.362. The van der Waals surface area contributed by atoms with Gasteiger partial charge in [0.25, 0.3) is 0 Å². The van der Waals surface area contributed by atoms with Crippen LogP contribution in [0, 0.1) is 12.7 Å². The Hall–Kier alpha value is -1.74.